The van der Waals surface area contributed by atoms with E-state index in [1.165, 1.54) is 19.3 Å². The summed E-state index contributed by atoms with van der Waals surface area (Å²) in [5, 5.41) is 0. The molecule has 0 N–H and O–H groups in total. The molecule has 5 aliphatic rings. The minimum atomic E-state index is -0.240. The van der Waals surface area contributed by atoms with Gasteiger partial charge in [-0.2, -0.15) is 0 Å². The average Bonchev–Trinajstić information content (AvgIpc) is 3.26. The minimum absolute atomic E-state index is 0.240. The molecule has 116 valence electrons. The first-order valence-corrected chi connectivity index (χ1v) is 9.26. The zero-order chi connectivity index (χ0) is 14.0. The molecule has 1 heterocycles. The van der Waals surface area contributed by atoms with Crippen molar-refractivity contribution in [3.05, 3.63) is 12.2 Å². The smallest absolute Gasteiger partial charge is 0.168 e. The second kappa shape index (κ2) is 4.58. The lowest BCUT2D eigenvalue weighted by atomic mass is 9.68. The average molecular weight is 288 g/mol. The van der Waals surface area contributed by atoms with Gasteiger partial charge in [0.25, 0.3) is 0 Å². The normalized spacial score (nSPS) is 52.5. The van der Waals surface area contributed by atoms with Crippen LogP contribution in [0.1, 0.15) is 45.4 Å². The molecule has 1 aliphatic heterocycles. The van der Waals surface area contributed by atoms with Crippen LogP contribution in [-0.4, -0.2) is 19.0 Å². The molecular weight excluding hydrogens is 260 g/mol. The number of hydrogen-bond donors (Lipinski definition) is 0. The van der Waals surface area contributed by atoms with Gasteiger partial charge in [0.15, 0.2) is 5.79 Å². The lowest BCUT2D eigenvalue weighted by Crippen LogP contribution is -2.44. The van der Waals surface area contributed by atoms with Crippen molar-refractivity contribution in [3.63, 3.8) is 0 Å². The molecule has 0 radical (unpaired) electrons. The third-order valence-electron chi connectivity index (χ3n) is 7.54. The molecule has 4 aliphatic carbocycles. The molecule has 4 fully saturated rings. The maximum Gasteiger partial charge on any atom is 0.168 e. The molecule has 21 heavy (non-hydrogen) atoms. The first-order chi connectivity index (χ1) is 10.3. The van der Waals surface area contributed by atoms with Gasteiger partial charge in [-0.05, 0) is 73.5 Å². The van der Waals surface area contributed by atoms with Gasteiger partial charge in [-0.25, -0.2) is 0 Å². The van der Waals surface area contributed by atoms with E-state index in [1.54, 1.807) is 0 Å². The Morgan fingerprint density at radius 2 is 1.76 bits per heavy atom. The van der Waals surface area contributed by atoms with Gasteiger partial charge >= 0.3 is 0 Å². The Morgan fingerprint density at radius 3 is 2.52 bits per heavy atom. The molecule has 0 amide bonds. The number of rotatable bonds is 3. The van der Waals surface area contributed by atoms with Gasteiger partial charge in [-0.3, -0.25) is 0 Å². The summed E-state index contributed by atoms with van der Waals surface area (Å²) in [6.07, 6.45) is 12.8. The monoisotopic (exact) mass is 288 g/mol. The third kappa shape index (κ3) is 1.78. The summed E-state index contributed by atoms with van der Waals surface area (Å²) in [5.41, 5.74) is 0. The van der Waals surface area contributed by atoms with E-state index in [0.29, 0.717) is 0 Å². The van der Waals surface area contributed by atoms with Crippen LogP contribution in [0.15, 0.2) is 12.2 Å². The number of fused-ring (bicyclic) bond motifs is 9. The van der Waals surface area contributed by atoms with Crippen molar-refractivity contribution in [1.82, 2.24) is 0 Å². The van der Waals surface area contributed by atoms with Crippen LogP contribution in [0.3, 0.4) is 0 Å². The topological polar surface area (TPSA) is 18.5 Å². The van der Waals surface area contributed by atoms with Gasteiger partial charge in [0.05, 0.1) is 13.2 Å². The number of ether oxygens (including phenoxy) is 2. The maximum atomic E-state index is 6.12. The first kappa shape index (κ1) is 13.1. The summed E-state index contributed by atoms with van der Waals surface area (Å²) in [6, 6.07) is 0. The number of allylic oxidation sites excluding steroid dienone is 2. The van der Waals surface area contributed by atoms with E-state index >= 15 is 0 Å². The quantitative estimate of drug-likeness (QED) is 0.577. The van der Waals surface area contributed by atoms with Gasteiger partial charge in [0.2, 0.25) is 0 Å². The predicted molar refractivity (Wildman–Crippen MR) is 81.6 cm³/mol. The van der Waals surface area contributed by atoms with Crippen LogP contribution in [-0.2, 0) is 9.47 Å². The highest BCUT2D eigenvalue weighted by atomic mass is 16.7. The zero-order valence-electron chi connectivity index (χ0n) is 13.2. The Bertz CT molecular complexity index is 450. The SMILES string of the molecule is CCC1(CC2CC3CC2C2C4C=CC(C4)C32)OCCCO1. The molecule has 5 rings (SSSR count). The van der Waals surface area contributed by atoms with E-state index in [4.69, 9.17) is 9.47 Å². The molecule has 3 saturated carbocycles. The standard InChI is InChI=1S/C19H28O2/c1-2-19(20-6-3-7-21-19)11-15-9-14-10-16(15)18-13-5-4-12(8-13)17(14)18/h4-5,12-18H,2-3,6-11H2,1H3. The predicted octanol–water partition coefficient (Wildman–Crippen LogP) is 4.01. The lowest BCUT2D eigenvalue weighted by molar-refractivity contribution is -0.278. The van der Waals surface area contributed by atoms with Crippen LogP contribution < -0.4 is 0 Å². The minimum Gasteiger partial charge on any atom is -0.350 e. The van der Waals surface area contributed by atoms with Crippen LogP contribution in [0.2, 0.25) is 0 Å². The van der Waals surface area contributed by atoms with Crippen molar-refractivity contribution < 1.29 is 9.47 Å². The summed E-state index contributed by atoms with van der Waals surface area (Å²) in [6.45, 7) is 4.03. The Hall–Kier alpha value is -0.340. The summed E-state index contributed by atoms with van der Waals surface area (Å²) in [4.78, 5) is 0. The second-order valence-electron chi connectivity index (χ2n) is 8.28. The van der Waals surface area contributed by atoms with Gasteiger partial charge in [-0.15, -0.1) is 0 Å². The summed E-state index contributed by atoms with van der Waals surface area (Å²) >= 11 is 0. The summed E-state index contributed by atoms with van der Waals surface area (Å²) < 4.78 is 12.2. The Balaban J connectivity index is 1.35. The van der Waals surface area contributed by atoms with Crippen LogP contribution in [0, 0.1) is 41.4 Å². The number of hydrogen-bond acceptors (Lipinski definition) is 2. The van der Waals surface area contributed by atoms with E-state index in [2.05, 4.69) is 19.1 Å². The fourth-order valence-corrected chi connectivity index (χ4v) is 6.87. The fraction of sp³-hybridized carbons (Fsp3) is 0.895. The molecule has 7 atom stereocenters. The van der Waals surface area contributed by atoms with Gasteiger partial charge in [0, 0.05) is 6.42 Å². The summed E-state index contributed by atoms with van der Waals surface area (Å²) in [5.74, 6) is 6.54. The molecule has 7 unspecified atom stereocenters. The molecule has 0 aromatic heterocycles. The molecule has 4 bridgehead atoms. The van der Waals surface area contributed by atoms with E-state index in [9.17, 15) is 0 Å². The molecule has 0 spiro atoms. The fourth-order valence-electron chi connectivity index (χ4n) is 6.87. The zero-order valence-corrected chi connectivity index (χ0v) is 13.2. The van der Waals surface area contributed by atoms with Crippen molar-refractivity contribution in [3.8, 4) is 0 Å². The highest BCUT2D eigenvalue weighted by molar-refractivity contribution is 5.20. The Morgan fingerprint density at radius 1 is 1.00 bits per heavy atom. The molecule has 2 nitrogen and oxygen atoms in total. The lowest BCUT2D eigenvalue weighted by Gasteiger charge is -2.43. The third-order valence-corrected chi connectivity index (χ3v) is 7.54. The largest absolute Gasteiger partial charge is 0.350 e. The first-order valence-electron chi connectivity index (χ1n) is 9.26. The van der Waals surface area contributed by atoms with Crippen LogP contribution in [0.25, 0.3) is 0 Å². The summed E-state index contributed by atoms with van der Waals surface area (Å²) in [7, 11) is 0. The van der Waals surface area contributed by atoms with E-state index < -0.39 is 0 Å². The van der Waals surface area contributed by atoms with Gasteiger partial charge in [-0.1, -0.05) is 19.1 Å². The van der Waals surface area contributed by atoms with E-state index in [0.717, 1.165) is 73.9 Å². The van der Waals surface area contributed by atoms with Gasteiger partial charge in [0.1, 0.15) is 0 Å². The highest BCUT2D eigenvalue weighted by Gasteiger charge is 2.61. The van der Waals surface area contributed by atoms with Crippen molar-refractivity contribution >= 4 is 0 Å². The van der Waals surface area contributed by atoms with Crippen LogP contribution >= 0.6 is 0 Å². The van der Waals surface area contributed by atoms with Crippen LogP contribution in [0.5, 0.6) is 0 Å². The van der Waals surface area contributed by atoms with E-state index in [-0.39, 0.29) is 5.79 Å². The molecule has 2 heteroatoms. The van der Waals surface area contributed by atoms with Crippen molar-refractivity contribution in [2.24, 2.45) is 41.4 Å². The molecule has 0 aromatic carbocycles. The second-order valence-corrected chi connectivity index (χ2v) is 8.28. The van der Waals surface area contributed by atoms with Crippen molar-refractivity contribution in [2.75, 3.05) is 13.2 Å². The van der Waals surface area contributed by atoms with Crippen molar-refractivity contribution in [1.29, 1.82) is 0 Å². The Kier molecular flexibility index (Phi) is 2.86. The van der Waals surface area contributed by atoms with Gasteiger partial charge < -0.3 is 9.47 Å². The van der Waals surface area contributed by atoms with Crippen LogP contribution in [0.4, 0.5) is 0 Å². The maximum absolute atomic E-state index is 6.12. The highest BCUT2D eigenvalue weighted by Crippen LogP contribution is 2.67. The molecule has 1 saturated heterocycles. The van der Waals surface area contributed by atoms with Crippen molar-refractivity contribution in [2.45, 2.75) is 51.2 Å². The molecule has 0 aromatic rings. The Labute approximate surface area is 128 Å². The van der Waals surface area contributed by atoms with E-state index in [1.807, 2.05) is 0 Å². The molecular formula is C19H28O2.